The molecule has 2 atom stereocenters. The molecule has 0 unspecified atom stereocenters. The third-order valence-corrected chi connectivity index (χ3v) is 1.40. The van der Waals surface area contributed by atoms with Crippen LogP contribution in [0.3, 0.4) is 0 Å². The van der Waals surface area contributed by atoms with Crippen LogP contribution < -0.4 is 0 Å². The maximum atomic E-state index is 12.1. The zero-order valence-corrected chi connectivity index (χ0v) is 4.10. The summed E-state index contributed by atoms with van der Waals surface area (Å²) in [6.07, 6.45) is 0.477. The summed E-state index contributed by atoms with van der Waals surface area (Å²) in [6.45, 7) is 0. The zero-order valence-electron chi connectivity index (χ0n) is 4.10. The summed E-state index contributed by atoms with van der Waals surface area (Å²) in [5, 5.41) is 8.62. The molecule has 1 rings (SSSR count). The van der Waals surface area contributed by atoms with Crippen LogP contribution in [0.2, 0.25) is 0 Å². The van der Waals surface area contributed by atoms with Gasteiger partial charge in [0.15, 0.2) is 0 Å². The van der Waals surface area contributed by atoms with Crippen LogP contribution in [-0.4, -0.2) is 17.4 Å². The molecule has 0 aromatic carbocycles. The fraction of sp³-hybridized carbons (Fsp3) is 1.00. The van der Waals surface area contributed by atoms with E-state index < -0.39 is 12.3 Å². The van der Waals surface area contributed by atoms with E-state index in [9.17, 15) is 4.39 Å². The fourth-order valence-corrected chi connectivity index (χ4v) is 0.895. The molecule has 0 aliphatic heterocycles. The first-order valence-electron chi connectivity index (χ1n) is 2.63. The summed E-state index contributed by atoms with van der Waals surface area (Å²) in [7, 11) is 0. The average Bonchev–Trinajstić information content (AvgIpc) is 1.91. The quantitative estimate of drug-likeness (QED) is 0.483. The van der Waals surface area contributed by atoms with Crippen molar-refractivity contribution in [3.63, 3.8) is 0 Å². The molecular formula is C5H9FO. The monoisotopic (exact) mass is 104 g/mol. The Bertz CT molecular complexity index is 57.1. The van der Waals surface area contributed by atoms with Crippen molar-refractivity contribution in [1.29, 1.82) is 0 Å². The van der Waals surface area contributed by atoms with Crippen molar-refractivity contribution in [2.75, 3.05) is 0 Å². The first kappa shape index (κ1) is 5.04. The number of aliphatic hydroxyl groups excluding tert-OH is 1. The third-order valence-electron chi connectivity index (χ3n) is 1.40. The van der Waals surface area contributed by atoms with Crippen LogP contribution in [0, 0.1) is 0 Å². The van der Waals surface area contributed by atoms with Crippen molar-refractivity contribution in [2.24, 2.45) is 0 Å². The van der Waals surface area contributed by atoms with Gasteiger partial charge in [-0.15, -0.1) is 0 Å². The van der Waals surface area contributed by atoms with E-state index in [-0.39, 0.29) is 0 Å². The summed E-state index contributed by atoms with van der Waals surface area (Å²) in [6, 6.07) is 0. The van der Waals surface area contributed by atoms with E-state index in [0.29, 0.717) is 12.8 Å². The molecule has 0 amide bonds. The van der Waals surface area contributed by atoms with Crippen LogP contribution in [0.1, 0.15) is 19.3 Å². The van der Waals surface area contributed by atoms with E-state index in [1.54, 1.807) is 0 Å². The van der Waals surface area contributed by atoms with Gasteiger partial charge in [-0.2, -0.15) is 0 Å². The SMILES string of the molecule is O[C@H]1CCC[C@@H]1F. The highest BCUT2D eigenvalue weighted by Gasteiger charge is 2.23. The van der Waals surface area contributed by atoms with Gasteiger partial charge in [-0.05, 0) is 19.3 Å². The first-order valence-corrected chi connectivity index (χ1v) is 2.63. The minimum Gasteiger partial charge on any atom is -0.390 e. The van der Waals surface area contributed by atoms with E-state index in [2.05, 4.69) is 0 Å². The summed E-state index contributed by atoms with van der Waals surface area (Å²) in [5.74, 6) is 0. The second kappa shape index (κ2) is 1.78. The molecule has 1 saturated carbocycles. The highest BCUT2D eigenvalue weighted by Crippen LogP contribution is 2.20. The van der Waals surface area contributed by atoms with Crippen LogP contribution in [0.15, 0.2) is 0 Å². The van der Waals surface area contributed by atoms with Gasteiger partial charge in [0.2, 0.25) is 0 Å². The third kappa shape index (κ3) is 0.911. The second-order valence-electron chi connectivity index (χ2n) is 2.01. The lowest BCUT2D eigenvalue weighted by Gasteiger charge is -2.00. The molecule has 1 nitrogen and oxygen atoms in total. The van der Waals surface area contributed by atoms with Gasteiger partial charge in [-0.25, -0.2) is 4.39 Å². The number of rotatable bonds is 0. The molecule has 7 heavy (non-hydrogen) atoms. The van der Waals surface area contributed by atoms with Crippen molar-refractivity contribution < 1.29 is 9.50 Å². The molecule has 42 valence electrons. The Labute approximate surface area is 42.2 Å². The fourth-order valence-electron chi connectivity index (χ4n) is 0.895. The molecule has 2 heteroatoms. The molecule has 1 aliphatic rings. The molecule has 0 aromatic heterocycles. The molecule has 1 fully saturated rings. The van der Waals surface area contributed by atoms with Crippen molar-refractivity contribution in [3.05, 3.63) is 0 Å². The van der Waals surface area contributed by atoms with Gasteiger partial charge in [0, 0.05) is 0 Å². The van der Waals surface area contributed by atoms with Gasteiger partial charge >= 0.3 is 0 Å². The van der Waals surface area contributed by atoms with Gasteiger partial charge in [0.05, 0.1) is 6.10 Å². The van der Waals surface area contributed by atoms with Gasteiger partial charge in [0.1, 0.15) is 6.17 Å². The lowest BCUT2D eigenvalue weighted by Crippen LogP contribution is -2.12. The molecule has 0 spiro atoms. The minimum atomic E-state index is -0.931. The first-order chi connectivity index (χ1) is 3.30. The Hall–Kier alpha value is -0.110. The lowest BCUT2D eigenvalue weighted by atomic mass is 10.3. The van der Waals surface area contributed by atoms with Crippen molar-refractivity contribution >= 4 is 0 Å². The molecule has 0 aromatic rings. The van der Waals surface area contributed by atoms with Gasteiger partial charge < -0.3 is 5.11 Å². The van der Waals surface area contributed by atoms with E-state index in [1.807, 2.05) is 0 Å². The highest BCUT2D eigenvalue weighted by atomic mass is 19.1. The van der Waals surface area contributed by atoms with Crippen LogP contribution in [0.5, 0.6) is 0 Å². The summed E-state index contributed by atoms with van der Waals surface area (Å²) in [5.41, 5.74) is 0. The Kier molecular flexibility index (Phi) is 1.28. The largest absolute Gasteiger partial charge is 0.390 e. The molecule has 0 bridgehead atoms. The van der Waals surface area contributed by atoms with Crippen LogP contribution >= 0.6 is 0 Å². The highest BCUT2D eigenvalue weighted by molar-refractivity contribution is 4.74. The van der Waals surface area contributed by atoms with E-state index in [4.69, 9.17) is 5.11 Å². The van der Waals surface area contributed by atoms with Crippen molar-refractivity contribution in [2.45, 2.75) is 31.5 Å². The number of hydrogen-bond acceptors (Lipinski definition) is 1. The van der Waals surface area contributed by atoms with Gasteiger partial charge in [-0.1, -0.05) is 0 Å². The summed E-state index contributed by atoms with van der Waals surface area (Å²) in [4.78, 5) is 0. The molecule has 0 saturated heterocycles. The van der Waals surface area contributed by atoms with Crippen LogP contribution in [-0.2, 0) is 0 Å². The van der Waals surface area contributed by atoms with Gasteiger partial charge in [-0.3, -0.25) is 0 Å². The summed E-state index contributed by atoms with van der Waals surface area (Å²) >= 11 is 0. The smallest absolute Gasteiger partial charge is 0.126 e. The molecule has 1 N–H and O–H groups in total. The predicted molar refractivity (Wildman–Crippen MR) is 24.8 cm³/mol. The molecule has 0 heterocycles. The number of halogens is 1. The lowest BCUT2D eigenvalue weighted by molar-refractivity contribution is 0.103. The van der Waals surface area contributed by atoms with E-state index >= 15 is 0 Å². The Morgan fingerprint density at radius 1 is 1.43 bits per heavy atom. The normalized spacial score (nSPS) is 42.0. The zero-order chi connectivity index (χ0) is 5.28. The van der Waals surface area contributed by atoms with Crippen LogP contribution in [0.25, 0.3) is 0 Å². The molecule has 0 radical (unpaired) electrons. The van der Waals surface area contributed by atoms with Gasteiger partial charge in [0.25, 0.3) is 0 Å². The van der Waals surface area contributed by atoms with E-state index in [1.165, 1.54) is 0 Å². The topological polar surface area (TPSA) is 20.2 Å². The van der Waals surface area contributed by atoms with E-state index in [0.717, 1.165) is 6.42 Å². The number of alkyl halides is 1. The maximum Gasteiger partial charge on any atom is 0.126 e. The maximum absolute atomic E-state index is 12.1. The summed E-state index contributed by atoms with van der Waals surface area (Å²) < 4.78 is 12.1. The second-order valence-corrected chi connectivity index (χ2v) is 2.01. The molecular weight excluding hydrogens is 95.1 g/mol. The molecule has 1 aliphatic carbocycles. The predicted octanol–water partition coefficient (Wildman–Crippen LogP) is 0.869. The minimum absolute atomic E-state index is 0.557. The number of hydrogen-bond donors (Lipinski definition) is 1. The Morgan fingerprint density at radius 3 is 2.29 bits per heavy atom. The average molecular weight is 104 g/mol. The Morgan fingerprint density at radius 2 is 2.14 bits per heavy atom. The van der Waals surface area contributed by atoms with Crippen molar-refractivity contribution in [1.82, 2.24) is 0 Å². The van der Waals surface area contributed by atoms with Crippen molar-refractivity contribution in [3.8, 4) is 0 Å². The van der Waals surface area contributed by atoms with Crippen LogP contribution in [0.4, 0.5) is 4.39 Å². The standard InChI is InChI=1S/C5H9FO/c6-4-2-1-3-5(4)7/h4-5,7H,1-3H2/t4-,5-/m0/s1. The Balaban J connectivity index is 2.33. The number of aliphatic hydroxyl groups is 1.